The standard InChI is InChI=1S/C22H38O5/c1-6-20(23)26-19(5)22(25,27-21(24)7-2)17-15-13-11-9-8-10-12-14-16-18(3)4/h6-7,18-19,25H,1-2,8-17H2,3-5H3. The summed E-state index contributed by atoms with van der Waals surface area (Å²) in [5, 5.41) is 10.7. The Morgan fingerprint density at radius 2 is 1.37 bits per heavy atom. The van der Waals surface area contributed by atoms with Gasteiger partial charge < -0.3 is 14.6 Å². The van der Waals surface area contributed by atoms with E-state index < -0.39 is 23.8 Å². The van der Waals surface area contributed by atoms with Gasteiger partial charge >= 0.3 is 11.9 Å². The van der Waals surface area contributed by atoms with E-state index in [0.29, 0.717) is 6.42 Å². The third-order valence-corrected chi connectivity index (χ3v) is 4.61. The van der Waals surface area contributed by atoms with E-state index in [1.165, 1.54) is 39.0 Å². The molecule has 2 atom stereocenters. The van der Waals surface area contributed by atoms with E-state index >= 15 is 0 Å². The maximum Gasteiger partial charge on any atom is 0.332 e. The minimum atomic E-state index is -1.86. The molecule has 1 N–H and O–H groups in total. The van der Waals surface area contributed by atoms with Gasteiger partial charge in [0.1, 0.15) is 0 Å². The number of carbonyl (C=O) groups is 2. The highest BCUT2D eigenvalue weighted by molar-refractivity contribution is 5.82. The molecular formula is C22H38O5. The van der Waals surface area contributed by atoms with Gasteiger partial charge in [-0.25, -0.2) is 9.59 Å². The van der Waals surface area contributed by atoms with Crippen molar-refractivity contribution < 1.29 is 24.2 Å². The Morgan fingerprint density at radius 1 is 0.889 bits per heavy atom. The molecule has 0 spiro atoms. The van der Waals surface area contributed by atoms with Crippen molar-refractivity contribution in [3.05, 3.63) is 25.3 Å². The van der Waals surface area contributed by atoms with Crippen LogP contribution < -0.4 is 0 Å². The molecule has 0 fully saturated rings. The maximum atomic E-state index is 11.5. The fraction of sp³-hybridized carbons (Fsp3) is 0.727. The molecule has 2 unspecified atom stereocenters. The predicted molar refractivity (Wildman–Crippen MR) is 108 cm³/mol. The van der Waals surface area contributed by atoms with Gasteiger partial charge in [0.25, 0.3) is 0 Å². The number of rotatable bonds is 16. The van der Waals surface area contributed by atoms with Crippen LogP contribution >= 0.6 is 0 Å². The number of aliphatic hydroxyl groups is 1. The molecule has 5 heteroatoms. The molecule has 0 saturated carbocycles. The highest BCUT2D eigenvalue weighted by Crippen LogP contribution is 2.25. The van der Waals surface area contributed by atoms with Crippen LogP contribution in [-0.4, -0.2) is 28.9 Å². The van der Waals surface area contributed by atoms with Crippen molar-refractivity contribution in [3.8, 4) is 0 Å². The maximum absolute atomic E-state index is 11.5. The van der Waals surface area contributed by atoms with E-state index in [-0.39, 0.29) is 6.42 Å². The second-order valence-electron chi connectivity index (χ2n) is 7.51. The molecule has 0 bridgehead atoms. The lowest BCUT2D eigenvalue weighted by Crippen LogP contribution is -2.46. The minimum absolute atomic E-state index is 0.201. The summed E-state index contributed by atoms with van der Waals surface area (Å²) < 4.78 is 10.1. The summed E-state index contributed by atoms with van der Waals surface area (Å²) in [5.41, 5.74) is 0. The molecule has 0 rings (SSSR count). The fourth-order valence-corrected chi connectivity index (χ4v) is 2.86. The average molecular weight is 383 g/mol. The van der Waals surface area contributed by atoms with Crippen LogP contribution in [0.2, 0.25) is 0 Å². The first-order valence-electron chi connectivity index (χ1n) is 10.2. The van der Waals surface area contributed by atoms with Gasteiger partial charge in [0.15, 0.2) is 6.10 Å². The van der Waals surface area contributed by atoms with Crippen molar-refractivity contribution >= 4 is 11.9 Å². The van der Waals surface area contributed by atoms with E-state index in [1.807, 2.05) is 0 Å². The highest BCUT2D eigenvalue weighted by Gasteiger charge is 2.39. The van der Waals surface area contributed by atoms with Gasteiger partial charge in [-0.3, -0.25) is 0 Å². The Balaban J connectivity index is 4.18. The summed E-state index contributed by atoms with van der Waals surface area (Å²) >= 11 is 0. The van der Waals surface area contributed by atoms with Crippen molar-refractivity contribution in [1.29, 1.82) is 0 Å². The smallest absolute Gasteiger partial charge is 0.332 e. The normalized spacial score (nSPS) is 14.3. The van der Waals surface area contributed by atoms with Gasteiger partial charge in [0.2, 0.25) is 5.79 Å². The average Bonchev–Trinajstić information content (AvgIpc) is 2.62. The molecule has 0 amide bonds. The summed E-state index contributed by atoms with van der Waals surface area (Å²) in [4.78, 5) is 22.9. The summed E-state index contributed by atoms with van der Waals surface area (Å²) in [6.07, 6.45) is 11.4. The van der Waals surface area contributed by atoms with Crippen LogP contribution in [0.15, 0.2) is 25.3 Å². The van der Waals surface area contributed by atoms with Crippen LogP contribution in [0.25, 0.3) is 0 Å². The van der Waals surface area contributed by atoms with E-state index in [1.54, 1.807) is 0 Å². The van der Waals surface area contributed by atoms with Crippen LogP contribution in [0.4, 0.5) is 0 Å². The minimum Gasteiger partial charge on any atom is -0.453 e. The van der Waals surface area contributed by atoms with Gasteiger partial charge in [-0.1, -0.05) is 78.4 Å². The van der Waals surface area contributed by atoms with Crippen LogP contribution in [0.5, 0.6) is 0 Å². The topological polar surface area (TPSA) is 72.8 Å². The van der Waals surface area contributed by atoms with Crippen molar-refractivity contribution in [1.82, 2.24) is 0 Å². The van der Waals surface area contributed by atoms with E-state index in [0.717, 1.165) is 37.3 Å². The molecular weight excluding hydrogens is 344 g/mol. The molecule has 0 aromatic rings. The van der Waals surface area contributed by atoms with Crippen molar-refractivity contribution in [3.63, 3.8) is 0 Å². The van der Waals surface area contributed by atoms with Gasteiger partial charge in [-0.05, 0) is 19.3 Å². The number of esters is 2. The first kappa shape index (κ1) is 25.4. The zero-order valence-electron chi connectivity index (χ0n) is 17.4. The Hall–Kier alpha value is -1.62. The molecule has 156 valence electrons. The molecule has 0 saturated heterocycles. The quantitative estimate of drug-likeness (QED) is 0.174. The molecule has 0 aliphatic carbocycles. The predicted octanol–water partition coefficient (Wildman–Crippen LogP) is 5.08. The van der Waals surface area contributed by atoms with Gasteiger partial charge in [-0.15, -0.1) is 0 Å². The van der Waals surface area contributed by atoms with Crippen LogP contribution in [0.1, 0.15) is 85.0 Å². The second kappa shape index (κ2) is 14.4. The number of unbranched alkanes of at least 4 members (excludes halogenated alkanes) is 7. The van der Waals surface area contributed by atoms with E-state index in [4.69, 9.17) is 9.47 Å². The Kier molecular flexibility index (Phi) is 13.6. The van der Waals surface area contributed by atoms with E-state index in [9.17, 15) is 14.7 Å². The van der Waals surface area contributed by atoms with Gasteiger partial charge in [0, 0.05) is 18.6 Å². The monoisotopic (exact) mass is 382 g/mol. The number of carbonyl (C=O) groups excluding carboxylic acids is 2. The second-order valence-corrected chi connectivity index (χ2v) is 7.51. The number of hydrogen-bond acceptors (Lipinski definition) is 5. The van der Waals surface area contributed by atoms with Crippen molar-refractivity contribution in [2.24, 2.45) is 5.92 Å². The molecule has 0 heterocycles. The Morgan fingerprint density at radius 3 is 1.85 bits per heavy atom. The zero-order chi connectivity index (χ0) is 20.7. The largest absolute Gasteiger partial charge is 0.453 e. The van der Waals surface area contributed by atoms with E-state index in [2.05, 4.69) is 27.0 Å². The highest BCUT2D eigenvalue weighted by atomic mass is 16.7. The van der Waals surface area contributed by atoms with Crippen LogP contribution in [0, 0.1) is 5.92 Å². The lowest BCUT2D eigenvalue weighted by atomic mass is 10.00. The van der Waals surface area contributed by atoms with Crippen LogP contribution in [0.3, 0.4) is 0 Å². The molecule has 0 aliphatic rings. The molecule has 27 heavy (non-hydrogen) atoms. The Labute approximate surface area is 164 Å². The molecule has 5 nitrogen and oxygen atoms in total. The van der Waals surface area contributed by atoms with Crippen molar-refractivity contribution in [2.75, 3.05) is 0 Å². The molecule has 0 aromatic carbocycles. The molecule has 0 radical (unpaired) electrons. The SMILES string of the molecule is C=CC(=O)OC(C)C(O)(CCCCCCCCCCC(C)C)OC(=O)C=C. The molecule has 0 aromatic heterocycles. The number of ether oxygens (including phenoxy) is 2. The van der Waals surface area contributed by atoms with Crippen LogP contribution in [-0.2, 0) is 19.1 Å². The zero-order valence-corrected chi connectivity index (χ0v) is 17.4. The van der Waals surface area contributed by atoms with Gasteiger partial charge in [-0.2, -0.15) is 0 Å². The summed E-state index contributed by atoms with van der Waals surface area (Å²) in [6, 6.07) is 0. The summed E-state index contributed by atoms with van der Waals surface area (Å²) in [6.45, 7) is 12.7. The third-order valence-electron chi connectivity index (χ3n) is 4.61. The summed E-state index contributed by atoms with van der Waals surface area (Å²) in [7, 11) is 0. The first-order valence-corrected chi connectivity index (χ1v) is 10.2. The van der Waals surface area contributed by atoms with Gasteiger partial charge in [0.05, 0.1) is 0 Å². The first-order chi connectivity index (χ1) is 12.7. The van der Waals surface area contributed by atoms with Crippen molar-refractivity contribution in [2.45, 2.75) is 96.9 Å². The summed E-state index contributed by atoms with van der Waals surface area (Å²) in [5.74, 6) is -2.50. The molecule has 0 aliphatic heterocycles. The lowest BCUT2D eigenvalue weighted by molar-refractivity contribution is -0.249. The Bertz CT molecular complexity index is 458. The lowest BCUT2D eigenvalue weighted by Gasteiger charge is -2.32. The third kappa shape index (κ3) is 12.4. The fourth-order valence-electron chi connectivity index (χ4n) is 2.86. The number of hydrogen-bond donors (Lipinski definition) is 1.